The van der Waals surface area contributed by atoms with E-state index in [1.54, 1.807) is 18.2 Å². The van der Waals surface area contributed by atoms with Crippen molar-refractivity contribution in [1.29, 1.82) is 0 Å². The van der Waals surface area contributed by atoms with Crippen LogP contribution in [0, 0.1) is 5.92 Å². The van der Waals surface area contributed by atoms with Crippen LogP contribution in [0.1, 0.15) is 29.6 Å². The number of nitrogens with one attached hydrogen (secondary N) is 1. The van der Waals surface area contributed by atoms with Crippen LogP contribution in [0.25, 0.3) is 0 Å². The first-order valence-electron chi connectivity index (χ1n) is 5.99. The Hall–Kier alpha value is -0.580. The number of hydrogen-bond acceptors (Lipinski definition) is 2. The summed E-state index contributed by atoms with van der Waals surface area (Å²) in [5.41, 5.74) is 0.451. The minimum absolute atomic E-state index is 0.204. The molecule has 1 fully saturated rings. The minimum atomic E-state index is -0.289. The van der Waals surface area contributed by atoms with E-state index in [0.717, 1.165) is 17.3 Å². The van der Waals surface area contributed by atoms with Crippen LogP contribution in [0.15, 0.2) is 22.7 Å². The Kier molecular flexibility index (Phi) is 4.65. The predicted octanol–water partition coefficient (Wildman–Crippen LogP) is 2.99. The number of halogens is 2. The van der Waals surface area contributed by atoms with Crippen molar-refractivity contribution in [2.24, 2.45) is 5.92 Å². The molecule has 1 atom stereocenters. The number of amides is 1. The van der Waals surface area contributed by atoms with Crippen LogP contribution < -0.4 is 5.32 Å². The highest BCUT2D eigenvalue weighted by molar-refractivity contribution is 9.10. The van der Waals surface area contributed by atoms with Gasteiger partial charge in [0.1, 0.15) is 0 Å². The minimum Gasteiger partial charge on any atom is -0.393 e. The molecule has 0 bridgehead atoms. The van der Waals surface area contributed by atoms with Crippen LogP contribution in [-0.2, 0) is 0 Å². The molecule has 1 aliphatic rings. The van der Waals surface area contributed by atoms with E-state index in [1.165, 1.54) is 0 Å². The van der Waals surface area contributed by atoms with E-state index in [4.69, 9.17) is 11.6 Å². The molecule has 1 aromatic rings. The zero-order valence-corrected chi connectivity index (χ0v) is 12.2. The highest BCUT2D eigenvalue weighted by Gasteiger charge is 2.29. The molecule has 3 nitrogen and oxygen atoms in total. The Morgan fingerprint density at radius 3 is 2.94 bits per heavy atom. The van der Waals surface area contributed by atoms with Gasteiger partial charge in [0.15, 0.2) is 0 Å². The summed E-state index contributed by atoms with van der Waals surface area (Å²) in [7, 11) is 0. The maximum absolute atomic E-state index is 11.9. The molecule has 1 aromatic carbocycles. The van der Waals surface area contributed by atoms with Gasteiger partial charge in [-0.1, -0.05) is 27.5 Å². The molecule has 1 amide bonds. The molecule has 1 aliphatic carbocycles. The number of rotatable bonds is 5. The number of benzene rings is 1. The van der Waals surface area contributed by atoms with Crippen molar-refractivity contribution >= 4 is 33.4 Å². The number of carbonyl (C=O) groups excluding carboxylic acids is 1. The van der Waals surface area contributed by atoms with Gasteiger partial charge in [0.25, 0.3) is 5.91 Å². The van der Waals surface area contributed by atoms with Crippen molar-refractivity contribution in [3.05, 3.63) is 33.3 Å². The van der Waals surface area contributed by atoms with Crippen molar-refractivity contribution in [1.82, 2.24) is 5.32 Å². The van der Waals surface area contributed by atoms with Crippen LogP contribution in [0.5, 0.6) is 0 Å². The van der Waals surface area contributed by atoms with Gasteiger partial charge >= 0.3 is 0 Å². The standard InChI is InChI=1S/C13H15BrClNO2/c14-9-3-4-11(15)10(7-9)13(18)16-6-5-12(17)8-1-2-8/h3-4,7-8,12,17H,1-2,5-6H2,(H,16,18). The molecule has 18 heavy (non-hydrogen) atoms. The summed E-state index contributed by atoms with van der Waals surface area (Å²) in [6.45, 7) is 0.472. The number of aliphatic hydroxyl groups excluding tert-OH is 1. The topological polar surface area (TPSA) is 49.3 Å². The van der Waals surface area contributed by atoms with Gasteiger partial charge < -0.3 is 10.4 Å². The summed E-state index contributed by atoms with van der Waals surface area (Å²) in [5, 5.41) is 12.9. The summed E-state index contributed by atoms with van der Waals surface area (Å²) in [5.74, 6) is 0.237. The molecule has 2 rings (SSSR count). The van der Waals surface area contributed by atoms with E-state index >= 15 is 0 Å². The summed E-state index contributed by atoms with van der Waals surface area (Å²) >= 11 is 9.27. The quantitative estimate of drug-likeness (QED) is 0.871. The number of carbonyl (C=O) groups is 1. The van der Waals surface area contributed by atoms with E-state index in [0.29, 0.717) is 29.5 Å². The van der Waals surface area contributed by atoms with E-state index < -0.39 is 0 Å². The molecule has 0 heterocycles. The van der Waals surface area contributed by atoms with Crippen molar-refractivity contribution in [2.75, 3.05) is 6.54 Å². The summed E-state index contributed by atoms with van der Waals surface area (Å²) in [4.78, 5) is 11.9. The van der Waals surface area contributed by atoms with Gasteiger partial charge in [0.05, 0.1) is 16.7 Å². The Balaban J connectivity index is 1.85. The number of aliphatic hydroxyl groups is 1. The third kappa shape index (κ3) is 3.70. The zero-order valence-electron chi connectivity index (χ0n) is 9.83. The Bertz CT molecular complexity index is 449. The molecule has 2 N–H and O–H groups in total. The third-order valence-corrected chi connectivity index (χ3v) is 3.89. The molecule has 98 valence electrons. The van der Waals surface area contributed by atoms with Gasteiger partial charge in [0.2, 0.25) is 0 Å². The fourth-order valence-corrected chi connectivity index (χ4v) is 2.38. The van der Waals surface area contributed by atoms with Gasteiger partial charge in [-0.25, -0.2) is 0 Å². The van der Waals surface area contributed by atoms with Gasteiger partial charge in [-0.2, -0.15) is 0 Å². The Morgan fingerprint density at radius 2 is 2.28 bits per heavy atom. The summed E-state index contributed by atoms with van der Waals surface area (Å²) in [6, 6.07) is 5.16. The van der Waals surface area contributed by atoms with Crippen molar-refractivity contribution in [3.63, 3.8) is 0 Å². The average Bonchev–Trinajstić information content (AvgIpc) is 3.16. The number of hydrogen-bond donors (Lipinski definition) is 2. The Morgan fingerprint density at radius 1 is 1.56 bits per heavy atom. The smallest absolute Gasteiger partial charge is 0.252 e. The van der Waals surface area contributed by atoms with Gasteiger partial charge in [-0.3, -0.25) is 4.79 Å². The highest BCUT2D eigenvalue weighted by Crippen LogP contribution is 2.33. The van der Waals surface area contributed by atoms with Crippen LogP contribution in [0.4, 0.5) is 0 Å². The van der Waals surface area contributed by atoms with Crippen molar-refractivity contribution in [2.45, 2.75) is 25.4 Å². The molecule has 5 heteroatoms. The SMILES string of the molecule is O=C(NCCC(O)C1CC1)c1cc(Br)ccc1Cl. The second-order valence-corrected chi connectivity index (χ2v) is 5.90. The van der Waals surface area contributed by atoms with E-state index in [-0.39, 0.29) is 12.0 Å². The normalized spacial score (nSPS) is 16.4. The molecular weight excluding hydrogens is 318 g/mol. The molecule has 1 unspecified atom stereocenters. The molecule has 1 saturated carbocycles. The largest absolute Gasteiger partial charge is 0.393 e. The van der Waals surface area contributed by atoms with Crippen LogP contribution in [0.2, 0.25) is 5.02 Å². The van der Waals surface area contributed by atoms with Crippen molar-refractivity contribution < 1.29 is 9.90 Å². The third-order valence-electron chi connectivity index (χ3n) is 3.06. The van der Waals surface area contributed by atoms with E-state index in [1.807, 2.05) is 0 Å². The molecule has 0 aliphatic heterocycles. The monoisotopic (exact) mass is 331 g/mol. The molecule has 0 spiro atoms. The maximum Gasteiger partial charge on any atom is 0.252 e. The molecule has 0 radical (unpaired) electrons. The second-order valence-electron chi connectivity index (χ2n) is 4.57. The first kappa shape index (κ1) is 13.8. The fourth-order valence-electron chi connectivity index (χ4n) is 1.82. The lowest BCUT2D eigenvalue weighted by Gasteiger charge is -2.10. The van der Waals surface area contributed by atoms with E-state index in [9.17, 15) is 9.90 Å². The van der Waals surface area contributed by atoms with Crippen LogP contribution in [0.3, 0.4) is 0 Å². The fraction of sp³-hybridized carbons (Fsp3) is 0.462. The second kappa shape index (κ2) is 6.04. The highest BCUT2D eigenvalue weighted by atomic mass is 79.9. The Labute approximate surface area is 120 Å². The van der Waals surface area contributed by atoms with E-state index in [2.05, 4.69) is 21.2 Å². The summed E-state index contributed by atoms with van der Waals surface area (Å²) < 4.78 is 0.815. The van der Waals surface area contributed by atoms with Gasteiger partial charge in [-0.15, -0.1) is 0 Å². The molecule has 0 aromatic heterocycles. The maximum atomic E-state index is 11.9. The first-order valence-corrected chi connectivity index (χ1v) is 7.16. The zero-order chi connectivity index (χ0) is 13.1. The van der Waals surface area contributed by atoms with Crippen LogP contribution >= 0.6 is 27.5 Å². The lowest BCUT2D eigenvalue weighted by molar-refractivity contribution is 0.0937. The lowest BCUT2D eigenvalue weighted by Crippen LogP contribution is -2.27. The lowest BCUT2D eigenvalue weighted by atomic mass is 10.1. The van der Waals surface area contributed by atoms with Crippen LogP contribution in [-0.4, -0.2) is 23.7 Å². The summed E-state index contributed by atoms with van der Waals surface area (Å²) in [6.07, 6.45) is 2.52. The van der Waals surface area contributed by atoms with Gasteiger partial charge in [0, 0.05) is 11.0 Å². The average molecular weight is 333 g/mol. The predicted molar refractivity (Wildman–Crippen MR) is 74.8 cm³/mol. The molecule has 0 saturated heterocycles. The van der Waals surface area contributed by atoms with Gasteiger partial charge in [-0.05, 0) is 43.4 Å². The first-order chi connectivity index (χ1) is 8.58. The van der Waals surface area contributed by atoms with Crippen molar-refractivity contribution in [3.8, 4) is 0 Å². The molecular formula is C13H15BrClNO2.